The van der Waals surface area contributed by atoms with Crippen LogP contribution in [0.5, 0.6) is 0 Å². The van der Waals surface area contributed by atoms with Crippen LogP contribution in [0.3, 0.4) is 0 Å². The predicted octanol–water partition coefficient (Wildman–Crippen LogP) is -3.05. The van der Waals surface area contributed by atoms with Crippen LogP contribution in [0.1, 0.15) is 26.7 Å². The molecule has 6 amide bonds. The zero-order valence-corrected chi connectivity index (χ0v) is 28.9. The number of aliphatic hydroxyl groups is 2. The third-order valence-corrected chi connectivity index (χ3v) is 7.95. The van der Waals surface area contributed by atoms with Crippen LogP contribution in [-0.4, -0.2) is 144 Å². The third-order valence-electron chi connectivity index (χ3n) is 6.06. The lowest BCUT2D eigenvalue weighted by atomic mass is 10.1. The molecule has 46 heavy (non-hydrogen) atoms. The van der Waals surface area contributed by atoms with E-state index in [2.05, 4.69) is 48.6 Å². The molecule has 8 N–H and O–H groups in total. The minimum Gasteiger partial charge on any atom is -0.394 e. The zero-order valence-electron chi connectivity index (χ0n) is 26.5. The molecule has 1 unspecified atom stereocenters. The number of hydrogen-bond donors (Lipinski definition) is 8. The highest BCUT2D eigenvalue weighted by Gasteiger charge is 2.32. The first kappa shape index (κ1) is 42.9. The highest BCUT2D eigenvalue weighted by Crippen LogP contribution is 2.05. The molecule has 6 atom stereocenters. The van der Waals surface area contributed by atoms with Crippen molar-refractivity contribution >= 4 is 82.6 Å². The van der Waals surface area contributed by atoms with Crippen LogP contribution in [0.25, 0.3) is 0 Å². The summed E-state index contributed by atoms with van der Waals surface area (Å²) >= 11 is 3.70. The summed E-state index contributed by atoms with van der Waals surface area (Å²) < 4.78 is 0. The summed E-state index contributed by atoms with van der Waals surface area (Å²) in [6.07, 6.45) is 4.09. The van der Waals surface area contributed by atoms with Gasteiger partial charge >= 0.3 is 0 Å². The minimum absolute atomic E-state index is 0.0907. The van der Waals surface area contributed by atoms with E-state index in [9.17, 15) is 43.8 Å². The molecule has 0 aromatic carbocycles. The Hall–Kier alpha value is -3.07. The van der Waals surface area contributed by atoms with Gasteiger partial charge in [0.2, 0.25) is 34.7 Å². The van der Waals surface area contributed by atoms with Crippen molar-refractivity contribution < 1.29 is 48.6 Å². The zero-order chi connectivity index (χ0) is 35.2. The quantitative estimate of drug-likeness (QED) is 0.0388. The fourth-order valence-electron chi connectivity index (χ4n) is 3.49. The Morgan fingerprint density at radius 2 is 1.28 bits per heavy atom. The van der Waals surface area contributed by atoms with Gasteiger partial charge < -0.3 is 47.0 Å². The molecule has 0 saturated carbocycles. The van der Waals surface area contributed by atoms with Crippen molar-refractivity contribution in [3.8, 4) is 0 Å². The van der Waals surface area contributed by atoms with E-state index in [0.29, 0.717) is 11.5 Å². The molecule has 20 heteroatoms. The molecule has 0 spiro atoms. The van der Waals surface area contributed by atoms with Crippen LogP contribution < -0.4 is 31.9 Å². The average molecular weight is 712 g/mol. The minimum atomic E-state index is -1.53. The summed E-state index contributed by atoms with van der Waals surface area (Å²) in [6.45, 7) is 4.05. The lowest BCUT2D eigenvalue weighted by Crippen LogP contribution is -2.60. The normalized spacial score (nSPS) is 14.6. The fraction of sp³-hybridized carbons (Fsp3) is 0.692. The maximum absolute atomic E-state index is 13.1. The van der Waals surface area contributed by atoms with Gasteiger partial charge in [0.05, 0.1) is 19.3 Å². The van der Waals surface area contributed by atoms with Gasteiger partial charge in [0.25, 0.3) is 5.91 Å². The summed E-state index contributed by atoms with van der Waals surface area (Å²) in [5.41, 5.74) is 0. The SMILES string of the molecule is C=NOCC(=O)N[C@@H](CCSC)C(=O)N[C@@H](C)C(=O)N[C@@H](CO)C(=O)N[C@@H](CCSC)C(=O)N[C@H](C(=O)NCC(=O)SC)C(C)O. The van der Waals surface area contributed by atoms with Gasteiger partial charge in [-0.1, -0.05) is 11.8 Å². The lowest BCUT2D eigenvalue weighted by molar-refractivity contribution is -0.136. The Kier molecular flexibility index (Phi) is 22.5. The Bertz CT molecular complexity index is 1050. The van der Waals surface area contributed by atoms with Crippen LogP contribution >= 0.6 is 35.3 Å². The number of nitrogens with one attached hydrogen (secondary N) is 6. The fourth-order valence-corrected chi connectivity index (χ4v) is 4.65. The summed E-state index contributed by atoms with van der Waals surface area (Å²) in [4.78, 5) is 92.4. The van der Waals surface area contributed by atoms with Gasteiger partial charge in [0, 0.05) is 6.72 Å². The molecule has 0 aromatic heterocycles. The van der Waals surface area contributed by atoms with Gasteiger partial charge in [-0.15, -0.1) is 5.16 Å². The molecule has 0 radical (unpaired) electrons. The molecule has 0 aromatic rings. The standard InChI is InChI=1S/C26H45N7O10S3/c1-14(29-23(39)16(7-9-44-4)30-19(36)13-43-27-3)22(38)32-18(12-34)25(41)31-17(8-10-45-5)24(40)33-21(15(2)35)26(42)28-11-20(37)46-6/h14-18,21,34-35H,3,7-13H2,1-2,4-6H3,(H,28,42)(H,29,39)(H,30,36)(H,31,41)(H,32,38)(H,33,40)/t14-,15?,16-,17-,18-,21-/m0/s1. The van der Waals surface area contributed by atoms with Gasteiger partial charge in [0.1, 0.15) is 30.2 Å². The van der Waals surface area contributed by atoms with Crippen molar-refractivity contribution in [2.45, 2.75) is 63.0 Å². The van der Waals surface area contributed by atoms with E-state index in [1.165, 1.54) is 43.6 Å². The smallest absolute Gasteiger partial charge is 0.261 e. The number of thioether (sulfide) groups is 3. The van der Waals surface area contributed by atoms with Crippen LogP contribution in [-0.2, 0) is 38.4 Å². The Morgan fingerprint density at radius 3 is 1.78 bits per heavy atom. The van der Waals surface area contributed by atoms with Crippen molar-refractivity contribution in [2.75, 3.05) is 50.0 Å². The monoisotopic (exact) mass is 711 g/mol. The van der Waals surface area contributed by atoms with E-state index in [1.807, 2.05) is 6.26 Å². The number of amides is 6. The Balaban J connectivity index is 5.49. The maximum atomic E-state index is 13.1. The molecule has 0 aliphatic carbocycles. The average Bonchev–Trinajstić information content (AvgIpc) is 3.02. The molecule has 0 aliphatic heterocycles. The van der Waals surface area contributed by atoms with Gasteiger partial charge in [-0.05, 0) is 57.0 Å². The van der Waals surface area contributed by atoms with Gasteiger partial charge in [-0.25, -0.2) is 0 Å². The Morgan fingerprint density at radius 1 is 0.761 bits per heavy atom. The van der Waals surface area contributed by atoms with Crippen molar-refractivity contribution in [1.82, 2.24) is 31.9 Å². The maximum Gasteiger partial charge on any atom is 0.261 e. The van der Waals surface area contributed by atoms with Crippen molar-refractivity contribution in [1.29, 1.82) is 0 Å². The molecular formula is C26H45N7O10S3. The van der Waals surface area contributed by atoms with Crippen LogP contribution in [0.15, 0.2) is 5.16 Å². The van der Waals surface area contributed by atoms with Crippen LogP contribution in [0.2, 0.25) is 0 Å². The second-order valence-corrected chi connectivity index (χ2v) is 12.5. The topological polar surface area (TPSA) is 254 Å². The van der Waals surface area contributed by atoms with E-state index in [4.69, 9.17) is 0 Å². The van der Waals surface area contributed by atoms with Crippen molar-refractivity contribution in [3.63, 3.8) is 0 Å². The molecular weight excluding hydrogens is 667 g/mol. The molecule has 0 aliphatic rings. The first-order valence-electron chi connectivity index (χ1n) is 14.0. The lowest BCUT2D eigenvalue weighted by Gasteiger charge is -2.26. The van der Waals surface area contributed by atoms with Gasteiger partial charge in [-0.2, -0.15) is 23.5 Å². The van der Waals surface area contributed by atoms with E-state index < -0.39 is 85.0 Å². The largest absolute Gasteiger partial charge is 0.394 e. The number of nitrogens with zero attached hydrogens (tertiary/aromatic N) is 1. The summed E-state index contributed by atoms with van der Waals surface area (Å²) in [7, 11) is 0. The Labute approximate surface area is 280 Å². The molecule has 0 rings (SSSR count). The molecule has 17 nitrogen and oxygen atoms in total. The molecule has 0 saturated heterocycles. The highest BCUT2D eigenvalue weighted by atomic mass is 32.2. The summed E-state index contributed by atoms with van der Waals surface area (Å²) in [5.74, 6) is -3.80. The van der Waals surface area contributed by atoms with Gasteiger partial charge in [0.15, 0.2) is 6.61 Å². The van der Waals surface area contributed by atoms with Gasteiger partial charge in [-0.3, -0.25) is 33.6 Å². The first-order chi connectivity index (χ1) is 21.7. The number of aliphatic hydroxyl groups excluding tert-OH is 2. The van der Waals surface area contributed by atoms with E-state index in [-0.39, 0.29) is 24.5 Å². The number of rotatable bonds is 23. The predicted molar refractivity (Wildman–Crippen MR) is 177 cm³/mol. The van der Waals surface area contributed by atoms with Crippen molar-refractivity contribution in [3.05, 3.63) is 0 Å². The number of hydrogen-bond acceptors (Lipinski definition) is 14. The van der Waals surface area contributed by atoms with Crippen LogP contribution in [0, 0.1) is 0 Å². The summed E-state index contributed by atoms with van der Waals surface area (Å²) in [6, 6.07) is -6.40. The van der Waals surface area contributed by atoms with E-state index >= 15 is 0 Å². The highest BCUT2D eigenvalue weighted by molar-refractivity contribution is 8.13. The molecule has 0 bridgehead atoms. The second-order valence-electron chi connectivity index (χ2n) is 9.64. The van der Waals surface area contributed by atoms with Crippen LogP contribution in [0.4, 0.5) is 0 Å². The number of oxime groups is 1. The molecule has 0 heterocycles. The van der Waals surface area contributed by atoms with Crippen molar-refractivity contribution in [2.24, 2.45) is 5.16 Å². The summed E-state index contributed by atoms with van der Waals surface area (Å²) in [5, 5.41) is 37.1. The van der Waals surface area contributed by atoms with E-state index in [1.54, 1.807) is 6.26 Å². The molecule has 0 fully saturated rings. The first-order valence-corrected chi connectivity index (χ1v) is 18.0. The molecule has 262 valence electrons. The third kappa shape index (κ3) is 17.0. The number of carbonyl (C=O) groups excluding carboxylic acids is 7. The van der Waals surface area contributed by atoms with E-state index in [0.717, 1.165) is 11.8 Å². The number of carbonyl (C=O) groups is 7. The second kappa shape index (κ2) is 24.2.